The van der Waals surface area contributed by atoms with Gasteiger partial charge in [0.15, 0.2) is 0 Å². The Morgan fingerprint density at radius 2 is 1.69 bits per heavy atom. The summed E-state index contributed by atoms with van der Waals surface area (Å²) in [7, 11) is -2.47. The molecule has 0 aliphatic carbocycles. The minimum absolute atomic E-state index is 0.00546. The lowest BCUT2D eigenvalue weighted by molar-refractivity contribution is 0.0664. The number of nitrogens with zero attached hydrogens (tertiary/aromatic N) is 2. The Balaban J connectivity index is 1.48. The van der Waals surface area contributed by atoms with E-state index in [1.165, 1.54) is 19.2 Å². The van der Waals surface area contributed by atoms with Gasteiger partial charge in [0.1, 0.15) is 5.75 Å². The Morgan fingerprint density at radius 3 is 2.49 bits per heavy atom. The zero-order chi connectivity index (χ0) is 24.4. The average Bonchev–Trinajstić information content (AvgIpc) is 3.37. The van der Waals surface area contributed by atoms with Gasteiger partial charge in [-0.2, -0.15) is 0 Å². The van der Waals surface area contributed by atoms with E-state index in [1.807, 2.05) is 53.6 Å². The molecule has 7 nitrogen and oxygen atoms in total. The maximum Gasteiger partial charge on any atom is 0.262 e. The van der Waals surface area contributed by atoms with E-state index in [9.17, 15) is 13.2 Å². The van der Waals surface area contributed by atoms with Crippen molar-refractivity contribution in [2.24, 2.45) is 0 Å². The average molecular weight is 488 g/mol. The third kappa shape index (κ3) is 4.40. The summed E-state index contributed by atoms with van der Waals surface area (Å²) in [5, 5.41) is 0. The summed E-state index contributed by atoms with van der Waals surface area (Å²) in [4.78, 5) is 15.5. The first-order valence-electron chi connectivity index (χ1n) is 11.2. The van der Waals surface area contributed by atoms with E-state index in [0.717, 1.165) is 11.3 Å². The maximum atomic E-state index is 13.7. The van der Waals surface area contributed by atoms with E-state index >= 15 is 0 Å². The lowest BCUT2D eigenvalue weighted by Crippen LogP contribution is -2.42. The first kappa shape index (κ1) is 22.7. The number of methoxy groups -OCH3 is 1. The standard InChI is InChI=1S/C27H25N3O4S/c1-34-25-15-6-5-13-23(25)28-35(32,33)22-12-7-11-21(19-22)27(31)30-18-17-29-16-8-14-24(29)26(30)20-9-3-2-4-10-20/h2-16,19,26,28H,17-18H2,1H3. The number of amides is 1. The molecule has 8 heteroatoms. The van der Waals surface area contributed by atoms with Gasteiger partial charge in [0.25, 0.3) is 15.9 Å². The number of aromatic nitrogens is 1. The van der Waals surface area contributed by atoms with Gasteiger partial charge in [-0.3, -0.25) is 9.52 Å². The van der Waals surface area contributed by atoms with Crippen LogP contribution in [0, 0.1) is 0 Å². The number of sulfonamides is 1. The first-order valence-corrected chi connectivity index (χ1v) is 12.7. The van der Waals surface area contributed by atoms with Gasteiger partial charge in [0, 0.05) is 30.5 Å². The molecule has 0 spiro atoms. The van der Waals surface area contributed by atoms with Crippen LogP contribution in [0.1, 0.15) is 27.7 Å². The summed E-state index contributed by atoms with van der Waals surface area (Å²) in [6.07, 6.45) is 2.02. The molecule has 178 valence electrons. The fraction of sp³-hybridized carbons (Fsp3) is 0.148. The van der Waals surface area contributed by atoms with E-state index in [1.54, 1.807) is 36.4 Å². The van der Waals surface area contributed by atoms with Crippen molar-refractivity contribution in [3.8, 4) is 5.75 Å². The van der Waals surface area contributed by atoms with Crippen LogP contribution in [-0.4, -0.2) is 37.4 Å². The molecule has 1 aliphatic heterocycles. The van der Waals surface area contributed by atoms with E-state index in [2.05, 4.69) is 9.29 Å². The van der Waals surface area contributed by atoms with Crippen molar-refractivity contribution in [2.45, 2.75) is 17.5 Å². The second kappa shape index (κ2) is 9.31. The van der Waals surface area contributed by atoms with Gasteiger partial charge >= 0.3 is 0 Å². The van der Waals surface area contributed by atoms with Crippen LogP contribution in [0.25, 0.3) is 0 Å². The largest absolute Gasteiger partial charge is 0.495 e. The van der Waals surface area contributed by atoms with Crippen LogP contribution < -0.4 is 9.46 Å². The highest BCUT2D eigenvalue weighted by atomic mass is 32.2. The first-order chi connectivity index (χ1) is 17.0. The molecule has 1 amide bonds. The molecule has 1 unspecified atom stereocenters. The van der Waals surface area contributed by atoms with Gasteiger partial charge in [-0.1, -0.05) is 48.5 Å². The predicted octanol–water partition coefficient (Wildman–Crippen LogP) is 4.54. The quantitative estimate of drug-likeness (QED) is 0.433. The van der Waals surface area contributed by atoms with E-state index in [-0.39, 0.29) is 16.8 Å². The van der Waals surface area contributed by atoms with Crippen LogP contribution in [0.2, 0.25) is 0 Å². The van der Waals surface area contributed by atoms with Crippen molar-refractivity contribution < 1.29 is 17.9 Å². The van der Waals surface area contributed by atoms with Crippen molar-refractivity contribution >= 4 is 21.6 Å². The van der Waals surface area contributed by atoms with Crippen molar-refractivity contribution in [3.63, 3.8) is 0 Å². The summed E-state index contributed by atoms with van der Waals surface area (Å²) in [5.41, 5.74) is 2.67. The molecule has 4 aromatic rings. The van der Waals surface area contributed by atoms with Gasteiger partial charge in [0.2, 0.25) is 0 Å². The molecular formula is C27H25N3O4S. The molecule has 3 aromatic carbocycles. The molecule has 2 heterocycles. The topological polar surface area (TPSA) is 80.6 Å². The minimum atomic E-state index is -3.94. The fourth-order valence-corrected chi connectivity index (χ4v) is 5.60. The lowest BCUT2D eigenvalue weighted by atomic mass is 9.99. The Hall–Kier alpha value is -4.04. The number of hydrogen-bond acceptors (Lipinski definition) is 4. The monoisotopic (exact) mass is 487 g/mol. The molecule has 5 rings (SSSR count). The number of hydrogen-bond donors (Lipinski definition) is 1. The van der Waals surface area contributed by atoms with Crippen LogP contribution in [0.3, 0.4) is 0 Å². The summed E-state index contributed by atoms with van der Waals surface area (Å²) < 4.78 is 36.3. The van der Waals surface area contributed by atoms with Crippen LogP contribution in [0.4, 0.5) is 5.69 Å². The maximum absolute atomic E-state index is 13.7. The van der Waals surface area contributed by atoms with Gasteiger partial charge in [-0.25, -0.2) is 8.42 Å². The third-order valence-corrected chi connectivity index (χ3v) is 7.52. The zero-order valence-corrected chi connectivity index (χ0v) is 20.0. The number of anilines is 1. The summed E-state index contributed by atoms with van der Waals surface area (Å²) in [6.45, 7) is 1.18. The van der Waals surface area contributed by atoms with Gasteiger partial charge < -0.3 is 14.2 Å². The Bertz CT molecular complexity index is 1460. The molecule has 0 saturated heterocycles. The summed E-state index contributed by atoms with van der Waals surface area (Å²) >= 11 is 0. The van der Waals surface area contributed by atoms with E-state index in [4.69, 9.17) is 4.74 Å². The molecule has 35 heavy (non-hydrogen) atoms. The second-order valence-corrected chi connectivity index (χ2v) is 9.95. The van der Waals surface area contributed by atoms with Gasteiger partial charge in [-0.15, -0.1) is 0 Å². The summed E-state index contributed by atoms with van der Waals surface area (Å²) in [5.74, 6) is 0.186. The molecule has 0 fully saturated rings. The van der Waals surface area contributed by atoms with Crippen LogP contribution in [0.5, 0.6) is 5.75 Å². The Labute approximate surface area is 204 Å². The van der Waals surface area contributed by atoms with Crippen molar-refractivity contribution in [2.75, 3.05) is 18.4 Å². The van der Waals surface area contributed by atoms with Gasteiger partial charge in [0.05, 0.1) is 23.7 Å². The molecule has 0 radical (unpaired) electrons. The van der Waals surface area contributed by atoms with Crippen molar-refractivity contribution in [3.05, 3.63) is 114 Å². The molecular weight excluding hydrogens is 462 g/mol. The van der Waals surface area contributed by atoms with E-state index in [0.29, 0.717) is 30.1 Å². The van der Waals surface area contributed by atoms with Crippen LogP contribution in [-0.2, 0) is 16.6 Å². The molecule has 1 N–H and O–H groups in total. The number of ether oxygens (including phenoxy) is 1. The SMILES string of the molecule is COc1ccccc1NS(=O)(=O)c1cccc(C(=O)N2CCn3cccc3C2c2ccccc2)c1. The normalized spacial score (nSPS) is 15.3. The molecule has 1 atom stereocenters. The second-order valence-electron chi connectivity index (χ2n) is 8.27. The van der Waals surface area contributed by atoms with Crippen LogP contribution >= 0.6 is 0 Å². The Kier molecular flexibility index (Phi) is 6.05. The smallest absolute Gasteiger partial charge is 0.262 e. The number of para-hydroxylation sites is 2. The molecule has 1 aliphatic rings. The third-order valence-electron chi connectivity index (χ3n) is 6.16. The highest BCUT2D eigenvalue weighted by Gasteiger charge is 2.33. The highest BCUT2D eigenvalue weighted by Crippen LogP contribution is 2.34. The van der Waals surface area contributed by atoms with Crippen molar-refractivity contribution in [1.82, 2.24) is 9.47 Å². The highest BCUT2D eigenvalue weighted by molar-refractivity contribution is 7.92. The van der Waals surface area contributed by atoms with Crippen molar-refractivity contribution in [1.29, 1.82) is 0 Å². The minimum Gasteiger partial charge on any atom is -0.495 e. The molecule has 1 aromatic heterocycles. The van der Waals surface area contributed by atoms with E-state index < -0.39 is 10.0 Å². The van der Waals surface area contributed by atoms with Gasteiger partial charge in [-0.05, 0) is 48.0 Å². The molecule has 0 bridgehead atoms. The number of carbonyl (C=O) groups is 1. The van der Waals surface area contributed by atoms with Crippen LogP contribution in [0.15, 0.2) is 102 Å². The number of nitrogens with one attached hydrogen (secondary N) is 1. The fourth-order valence-electron chi connectivity index (χ4n) is 4.48. The lowest BCUT2D eigenvalue weighted by Gasteiger charge is -2.37. The predicted molar refractivity (Wildman–Crippen MR) is 134 cm³/mol. The number of fused-ring (bicyclic) bond motifs is 1. The number of carbonyl (C=O) groups excluding carboxylic acids is 1. The number of benzene rings is 3. The Morgan fingerprint density at radius 1 is 0.914 bits per heavy atom. The molecule has 0 saturated carbocycles. The summed E-state index contributed by atoms with van der Waals surface area (Å²) in [6, 6.07) is 26.5. The zero-order valence-electron chi connectivity index (χ0n) is 19.2. The number of rotatable bonds is 6.